The smallest absolute Gasteiger partial charge is 0.249 e. The Morgan fingerprint density at radius 1 is 0.941 bits per heavy atom. The predicted molar refractivity (Wildman–Crippen MR) is 128 cm³/mol. The van der Waals surface area contributed by atoms with Crippen molar-refractivity contribution in [1.82, 2.24) is 14.7 Å². The van der Waals surface area contributed by atoms with E-state index in [1.807, 2.05) is 36.1 Å². The van der Waals surface area contributed by atoms with Crippen LogP contribution in [0.5, 0.6) is 0 Å². The van der Waals surface area contributed by atoms with Gasteiger partial charge >= 0.3 is 0 Å². The normalized spacial score (nSPS) is 34.9. The summed E-state index contributed by atoms with van der Waals surface area (Å²) in [4.78, 5) is 46.8. The predicted octanol–water partition coefficient (Wildman–Crippen LogP) is 1.74. The first-order valence-corrected chi connectivity index (χ1v) is 12.9. The third kappa shape index (κ3) is 3.79. The highest BCUT2D eigenvalue weighted by Crippen LogP contribution is 2.58. The largest absolute Gasteiger partial charge is 0.396 e. The summed E-state index contributed by atoms with van der Waals surface area (Å²) in [6.07, 6.45) is 12.4. The molecule has 0 saturated carbocycles. The molecule has 1 N–H and O–H groups in total. The van der Waals surface area contributed by atoms with Crippen LogP contribution in [0.25, 0.3) is 0 Å². The molecule has 4 aliphatic rings. The number of likely N-dealkylation sites (tertiary alicyclic amines) is 1. The van der Waals surface area contributed by atoms with Gasteiger partial charge in [0.15, 0.2) is 0 Å². The summed E-state index contributed by atoms with van der Waals surface area (Å²) in [7, 11) is 1.75. The molecular weight excluding hydrogens is 434 g/mol. The highest BCUT2D eigenvalue weighted by molar-refractivity contribution is 6.00. The van der Waals surface area contributed by atoms with E-state index in [4.69, 9.17) is 4.74 Å². The van der Waals surface area contributed by atoms with E-state index >= 15 is 0 Å². The fraction of sp³-hybridized carbons (Fsp3) is 0.731. The first kappa shape index (κ1) is 24.9. The zero-order valence-electron chi connectivity index (χ0n) is 20.7. The maximum Gasteiger partial charge on any atom is 0.249 e. The Morgan fingerprint density at radius 2 is 1.68 bits per heavy atom. The second-order valence-corrected chi connectivity index (χ2v) is 10.1. The maximum atomic E-state index is 14.0. The number of unbranched alkanes of at least 4 members (excludes halogenated alkanes) is 3. The van der Waals surface area contributed by atoms with E-state index in [0.717, 1.165) is 19.3 Å². The van der Waals surface area contributed by atoms with Crippen molar-refractivity contribution in [3.63, 3.8) is 0 Å². The minimum absolute atomic E-state index is 0.0321. The molecule has 0 aromatic rings. The van der Waals surface area contributed by atoms with Crippen LogP contribution in [-0.4, -0.2) is 94.6 Å². The molecule has 0 bridgehead atoms. The van der Waals surface area contributed by atoms with Crippen LogP contribution in [0.1, 0.15) is 52.4 Å². The van der Waals surface area contributed by atoms with Gasteiger partial charge in [-0.3, -0.25) is 14.4 Å². The molecule has 4 rings (SSSR count). The first-order valence-electron chi connectivity index (χ1n) is 12.9. The first-order chi connectivity index (χ1) is 16.4. The SMILES string of the molecule is CCCCCN1CC=C[C@]23O[C@]4(CC)C=CCN(C)C(=O)[C@@H]4[C@H]2C(=O)N(CCCCO)C3C1=O. The molecule has 34 heavy (non-hydrogen) atoms. The summed E-state index contributed by atoms with van der Waals surface area (Å²) in [5, 5.41) is 9.30. The minimum atomic E-state index is -1.17. The Kier molecular flexibility index (Phi) is 7.20. The fourth-order valence-electron chi connectivity index (χ4n) is 6.32. The second kappa shape index (κ2) is 9.82. The van der Waals surface area contributed by atoms with Crippen LogP contribution >= 0.6 is 0 Å². The third-order valence-corrected chi connectivity index (χ3v) is 8.06. The van der Waals surface area contributed by atoms with E-state index in [-0.39, 0.29) is 24.3 Å². The Labute approximate surface area is 202 Å². The molecule has 0 aromatic heterocycles. The van der Waals surface area contributed by atoms with Crippen LogP contribution < -0.4 is 0 Å². The summed E-state index contributed by atoms with van der Waals surface area (Å²) in [5.74, 6) is -1.83. The molecular formula is C26H39N3O5. The average Bonchev–Trinajstić information content (AvgIpc) is 3.12. The van der Waals surface area contributed by atoms with Crippen molar-refractivity contribution >= 4 is 17.7 Å². The number of likely N-dealkylation sites (N-methyl/N-ethyl adjacent to an activating group) is 1. The highest BCUT2D eigenvalue weighted by atomic mass is 16.5. The molecule has 8 nitrogen and oxygen atoms in total. The van der Waals surface area contributed by atoms with Gasteiger partial charge in [-0.1, -0.05) is 51.0 Å². The van der Waals surface area contributed by atoms with E-state index in [2.05, 4.69) is 6.92 Å². The molecule has 5 atom stereocenters. The lowest BCUT2D eigenvalue weighted by Crippen LogP contribution is -2.56. The van der Waals surface area contributed by atoms with Crippen molar-refractivity contribution in [2.45, 2.75) is 69.6 Å². The van der Waals surface area contributed by atoms with E-state index in [1.165, 1.54) is 0 Å². The van der Waals surface area contributed by atoms with Crippen molar-refractivity contribution in [1.29, 1.82) is 0 Å². The van der Waals surface area contributed by atoms with Gasteiger partial charge in [-0.25, -0.2) is 0 Å². The monoisotopic (exact) mass is 473 g/mol. The summed E-state index contributed by atoms with van der Waals surface area (Å²) >= 11 is 0. The molecule has 3 amide bonds. The minimum Gasteiger partial charge on any atom is -0.396 e. The van der Waals surface area contributed by atoms with Gasteiger partial charge in [0, 0.05) is 39.8 Å². The molecule has 4 heterocycles. The van der Waals surface area contributed by atoms with E-state index < -0.39 is 29.1 Å². The fourth-order valence-corrected chi connectivity index (χ4v) is 6.32. The maximum absolute atomic E-state index is 14.0. The third-order valence-electron chi connectivity index (χ3n) is 8.06. The zero-order chi connectivity index (χ0) is 24.5. The second-order valence-electron chi connectivity index (χ2n) is 10.1. The van der Waals surface area contributed by atoms with E-state index in [1.54, 1.807) is 16.8 Å². The summed E-state index contributed by atoms with van der Waals surface area (Å²) in [6.45, 7) is 6.08. The Balaban J connectivity index is 1.79. The molecule has 1 unspecified atom stereocenters. The van der Waals surface area contributed by atoms with Crippen molar-refractivity contribution in [3.05, 3.63) is 24.3 Å². The van der Waals surface area contributed by atoms with E-state index in [9.17, 15) is 19.5 Å². The van der Waals surface area contributed by atoms with Crippen molar-refractivity contribution < 1.29 is 24.2 Å². The average molecular weight is 474 g/mol. The summed E-state index contributed by atoms with van der Waals surface area (Å²) in [5.41, 5.74) is -2.09. The lowest BCUT2D eigenvalue weighted by Gasteiger charge is -2.38. The number of nitrogens with zero attached hydrogens (tertiary/aromatic N) is 3. The van der Waals surface area contributed by atoms with Crippen LogP contribution in [0, 0.1) is 11.8 Å². The molecule has 0 radical (unpaired) electrons. The molecule has 1 spiro atoms. The standard InChI is InChI=1S/C26H39N3O5/c1-4-6-7-15-28-16-11-13-26-20(23(32)29(17-8-9-18-30)21(26)24(28)33)19-22(31)27(3)14-10-12-25(19,5-2)34-26/h10-13,19-21,30H,4-9,14-18H2,1-3H3/t19-,20-,21?,25+,26-/m0/s1. The molecule has 0 aliphatic carbocycles. The van der Waals surface area contributed by atoms with Crippen LogP contribution in [0.4, 0.5) is 0 Å². The number of ether oxygens (including phenoxy) is 1. The van der Waals surface area contributed by atoms with Gasteiger partial charge < -0.3 is 24.5 Å². The molecule has 188 valence electrons. The van der Waals surface area contributed by atoms with Gasteiger partial charge in [0.05, 0.1) is 17.4 Å². The molecule has 2 saturated heterocycles. The molecule has 2 fully saturated rings. The number of fused-ring (bicyclic) bond motifs is 2. The Morgan fingerprint density at radius 3 is 2.38 bits per heavy atom. The van der Waals surface area contributed by atoms with Gasteiger partial charge in [0.2, 0.25) is 17.7 Å². The van der Waals surface area contributed by atoms with Crippen LogP contribution in [0.3, 0.4) is 0 Å². The zero-order valence-corrected chi connectivity index (χ0v) is 20.7. The van der Waals surface area contributed by atoms with Crippen LogP contribution in [0.15, 0.2) is 24.3 Å². The molecule has 4 aliphatic heterocycles. The van der Waals surface area contributed by atoms with Gasteiger partial charge in [0.25, 0.3) is 0 Å². The lowest BCUT2D eigenvalue weighted by molar-refractivity contribution is -0.154. The topological polar surface area (TPSA) is 90.4 Å². The highest BCUT2D eigenvalue weighted by Gasteiger charge is 2.75. The van der Waals surface area contributed by atoms with Gasteiger partial charge in [-0.2, -0.15) is 0 Å². The van der Waals surface area contributed by atoms with Crippen LogP contribution in [0.2, 0.25) is 0 Å². The number of carbonyl (C=O) groups excluding carboxylic acids is 3. The van der Waals surface area contributed by atoms with E-state index in [0.29, 0.717) is 45.4 Å². The summed E-state index contributed by atoms with van der Waals surface area (Å²) < 4.78 is 6.87. The quantitative estimate of drug-likeness (QED) is 0.407. The van der Waals surface area contributed by atoms with Crippen molar-refractivity contribution in [3.8, 4) is 0 Å². The number of rotatable bonds is 9. The molecule has 0 aromatic carbocycles. The lowest BCUT2D eigenvalue weighted by atomic mass is 9.73. The number of hydrogen-bond donors (Lipinski definition) is 1. The van der Waals surface area contributed by atoms with Crippen LogP contribution in [-0.2, 0) is 19.1 Å². The van der Waals surface area contributed by atoms with Gasteiger partial charge in [-0.15, -0.1) is 0 Å². The van der Waals surface area contributed by atoms with Gasteiger partial charge in [0.1, 0.15) is 11.6 Å². The number of carbonyl (C=O) groups is 3. The van der Waals surface area contributed by atoms with Crippen molar-refractivity contribution in [2.75, 3.05) is 39.8 Å². The summed E-state index contributed by atoms with van der Waals surface area (Å²) in [6, 6.07) is -0.800. The van der Waals surface area contributed by atoms with Crippen molar-refractivity contribution in [2.24, 2.45) is 11.8 Å². The Bertz CT molecular complexity index is 872. The van der Waals surface area contributed by atoms with Gasteiger partial charge in [-0.05, 0) is 25.7 Å². The Hall–Kier alpha value is -2.19. The molecule has 8 heteroatoms. The number of aliphatic hydroxyl groups is 1. The number of aliphatic hydroxyl groups excluding tert-OH is 1. The number of hydrogen-bond acceptors (Lipinski definition) is 5. The number of amides is 3.